The van der Waals surface area contributed by atoms with Gasteiger partial charge >= 0.3 is 0 Å². The van der Waals surface area contributed by atoms with Crippen molar-refractivity contribution in [3.8, 4) is 6.07 Å². The summed E-state index contributed by atoms with van der Waals surface area (Å²) in [7, 11) is 1.92. The van der Waals surface area contributed by atoms with E-state index in [0.29, 0.717) is 0 Å². The zero-order valence-corrected chi connectivity index (χ0v) is 11.7. The predicted octanol–water partition coefficient (Wildman–Crippen LogP) is 2.90. The summed E-state index contributed by atoms with van der Waals surface area (Å²) in [6, 6.07) is 8.47. The first-order valence-corrected chi connectivity index (χ1v) is 6.69. The first kappa shape index (κ1) is 14.5. The van der Waals surface area contributed by atoms with Gasteiger partial charge in [-0.3, -0.25) is 0 Å². The molecule has 0 aliphatic heterocycles. The van der Waals surface area contributed by atoms with Crippen molar-refractivity contribution >= 4 is 5.69 Å². The third kappa shape index (κ3) is 3.75. The van der Waals surface area contributed by atoms with E-state index in [-0.39, 0.29) is 0 Å². The van der Waals surface area contributed by atoms with Crippen LogP contribution >= 0.6 is 0 Å². The van der Waals surface area contributed by atoms with E-state index < -0.39 is 0 Å². The van der Waals surface area contributed by atoms with Crippen LogP contribution in [0, 0.1) is 11.3 Å². The molecule has 0 radical (unpaired) electrons. The molecule has 0 bridgehead atoms. The third-order valence-corrected chi connectivity index (χ3v) is 3.07. The number of anilines is 1. The van der Waals surface area contributed by atoms with E-state index in [1.54, 1.807) is 0 Å². The molecule has 0 spiro atoms. The second kappa shape index (κ2) is 7.73. The Morgan fingerprint density at radius 2 is 2.11 bits per heavy atom. The van der Waals surface area contributed by atoms with Gasteiger partial charge in [-0.05, 0) is 38.1 Å². The van der Waals surface area contributed by atoms with Crippen molar-refractivity contribution in [3.05, 3.63) is 29.3 Å². The molecule has 0 fully saturated rings. The second-order valence-corrected chi connectivity index (χ2v) is 4.43. The van der Waals surface area contributed by atoms with Gasteiger partial charge in [0.1, 0.15) is 6.07 Å². The average Bonchev–Trinajstić information content (AvgIpc) is 2.41. The van der Waals surface area contributed by atoms with Crippen molar-refractivity contribution in [1.82, 2.24) is 5.32 Å². The predicted molar refractivity (Wildman–Crippen MR) is 76.7 cm³/mol. The van der Waals surface area contributed by atoms with E-state index in [9.17, 15) is 5.26 Å². The molecule has 18 heavy (non-hydrogen) atoms. The summed E-state index contributed by atoms with van der Waals surface area (Å²) >= 11 is 0. The van der Waals surface area contributed by atoms with Crippen molar-refractivity contribution in [3.63, 3.8) is 0 Å². The number of nitriles is 1. The van der Waals surface area contributed by atoms with E-state index in [2.05, 4.69) is 42.3 Å². The first-order valence-electron chi connectivity index (χ1n) is 6.69. The summed E-state index contributed by atoms with van der Waals surface area (Å²) in [4.78, 5) is 2.28. The molecule has 0 saturated heterocycles. The van der Waals surface area contributed by atoms with Crippen molar-refractivity contribution in [2.24, 2.45) is 0 Å². The molecule has 0 aliphatic rings. The number of nitrogens with one attached hydrogen (secondary N) is 1. The molecule has 1 N–H and O–H groups in total. The van der Waals surface area contributed by atoms with Gasteiger partial charge in [0, 0.05) is 19.6 Å². The second-order valence-electron chi connectivity index (χ2n) is 4.43. The van der Waals surface area contributed by atoms with Crippen molar-refractivity contribution in [2.75, 3.05) is 25.0 Å². The maximum atomic E-state index is 9.28. The number of benzene rings is 1. The van der Waals surface area contributed by atoms with Crippen LogP contribution in [0.25, 0.3) is 0 Å². The van der Waals surface area contributed by atoms with Crippen molar-refractivity contribution < 1.29 is 0 Å². The molecule has 0 saturated carbocycles. The highest BCUT2D eigenvalue weighted by molar-refractivity contribution is 5.60. The Morgan fingerprint density at radius 3 is 2.67 bits per heavy atom. The molecular formula is C15H23N3. The van der Waals surface area contributed by atoms with Gasteiger partial charge < -0.3 is 10.2 Å². The molecule has 3 heteroatoms. The number of hydrogen-bond donors (Lipinski definition) is 1. The lowest BCUT2D eigenvalue weighted by Crippen LogP contribution is -2.24. The fourth-order valence-corrected chi connectivity index (χ4v) is 2.06. The average molecular weight is 245 g/mol. The molecule has 0 heterocycles. The van der Waals surface area contributed by atoms with E-state index in [4.69, 9.17) is 0 Å². The number of unbranched alkanes of at least 4 members (excludes halogenated alkanes) is 1. The molecule has 98 valence electrons. The Morgan fingerprint density at radius 1 is 1.33 bits per heavy atom. The van der Waals surface area contributed by atoms with Gasteiger partial charge in [-0.25, -0.2) is 0 Å². The normalized spacial score (nSPS) is 10.1. The van der Waals surface area contributed by atoms with Crippen LogP contribution in [-0.2, 0) is 6.54 Å². The van der Waals surface area contributed by atoms with Crippen molar-refractivity contribution in [1.29, 1.82) is 5.26 Å². The van der Waals surface area contributed by atoms with Gasteiger partial charge in [0.2, 0.25) is 0 Å². The smallest absolute Gasteiger partial charge is 0.101 e. The highest BCUT2D eigenvalue weighted by atomic mass is 15.1. The summed E-state index contributed by atoms with van der Waals surface area (Å²) in [5.74, 6) is 0. The Hall–Kier alpha value is -1.53. The number of rotatable bonds is 7. The van der Waals surface area contributed by atoms with Crippen LogP contribution in [-0.4, -0.2) is 20.1 Å². The molecule has 1 aromatic rings. The van der Waals surface area contributed by atoms with Crippen LogP contribution in [0.3, 0.4) is 0 Å². The number of hydrogen-bond acceptors (Lipinski definition) is 3. The zero-order valence-electron chi connectivity index (χ0n) is 11.7. The summed E-state index contributed by atoms with van der Waals surface area (Å²) in [6.45, 7) is 7.09. The van der Waals surface area contributed by atoms with Crippen LogP contribution in [0.4, 0.5) is 5.69 Å². The maximum absolute atomic E-state index is 9.28. The molecule has 1 aromatic carbocycles. The van der Waals surface area contributed by atoms with Crippen LogP contribution < -0.4 is 10.2 Å². The fourth-order valence-electron chi connectivity index (χ4n) is 2.06. The molecule has 0 aliphatic carbocycles. The fraction of sp³-hybridized carbons (Fsp3) is 0.533. The summed E-state index contributed by atoms with van der Waals surface area (Å²) in [5, 5.41) is 12.4. The standard InChI is InChI=1S/C15H23N3/c1-4-6-9-18(5-2)15-8-7-13(12-17-3)10-14(15)11-16/h7-8,10,17H,4-6,9,12H2,1-3H3. The van der Waals surface area contributed by atoms with Crippen LogP contribution in [0.2, 0.25) is 0 Å². The third-order valence-electron chi connectivity index (χ3n) is 3.07. The Balaban J connectivity index is 2.96. The lowest BCUT2D eigenvalue weighted by atomic mass is 10.1. The monoisotopic (exact) mass is 245 g/mol. The largest absolute Gasteiger partial charge is 0.371 e. The summed E-state index contributed by atoms with van der Waals surface area (Å²) < 4.78 is 0. The lowest BCUT2D eigenvalue weighted by Gasteiger charge is -2.24. The minimum atomic E-state index is 0.778. The lowest BCUT2D eigenvalue weighted by molar-refractivity contribution is 0.731. The van der Waals surface area contributed by atoms with Gasteiger partial charge in [0.05, 0.1) is 11.3 Å². The topological polar surface area (TPSA) is 39.1 Å². The highest BCUT2D eigenvalue weighted by Gasteiger charge is 2.09. The molecule has 1 rings (SSSR count). The van der Waals surface area contributed by atoms with Crippen LogP contribution in [0.5, 0.6) is 0 Å². The summed E-state index contributed by atoms with van der Waals surface area (Å²) in [6.07, 6.45) is 2.34. The minimum Gasteiger partial charge on any atom is -0.371 e. The Kier molecular flexibility index (Phi) is 6.24. The Labute approximate surface area is 110 Å². The maximum Gasteiger partial charge on any atom is 0.101 e. The van der Waals surface area contributed by atoms with Crippen LogP contribution in [0.1, 0.15) is 37.8 Å². The Bertz CT molecular complexity index is 407. The van der Waals surface area contributed by atoms with Gasteiger partial charge in [-0.15, -0.1) is 0 Å². The molecule has 3 nitrogen and oxygen atoms in total. The highest BCUT2D eigenvalue weighted by Crippen LogP contribution is 2.22. The summed E-state index contributed by atoms with van der Waals surface area (Å²) in [5.41, 5.74) is 3.00. The van der Waals surface area contributed by atoms with Crippen molar-refractivity contribution in [2.45, 2.75) is 33.2 Å². The van der Waals surface area contributed by atoms with E-state index in [1.165, 1.54) is 6.42 Å². The molecule has 0 unspecified atom stereocenters. The van der Waals surface area contributed by atoms with Gasteiger partial charge in [0.25, 0.3) is 0 Å². The van der Waals surface area contributed by atoms with Gasteiger partial charge in [-0.1, -0.05) is 19.4 Å². The molecule has 0 amide bonds. The molecule has 0 aromatic heterocycles. The minimum absolute atomic E-state index is 0.778. The molecular weight excluding hydrogens is 222 g/mol. The van der Waals surface area contributed by atoms with Crippen LogP contribution in [0.15, 0.2) is 18.2 Å². The first-order chi connectivity index (χ1) is 8.76. The van der Waals surface area contributed by atoms with E-state index in [1.807, 2.05) is 13.1 Å². The van der Waals surface area contributed by atoms with Gasteiger partial charge in [-0.2, -0.15) is 5.26 Å². The van der Waals surface area contributed by atoms with E-state index >= 15 is 0 Å². The molecule has 0 atom stereocenters. The zero-order chi connectivity index (χ0) is 13.4. The SMILES string of the molecule is CCCCN(CC)c1ccc(CNC)cc1C#N. The quantitative estimate of drug-likeness (QED) is 0.803. The number of nitrogens with zero attached hydrogens (tertiary/aromatic N) is 2. The van der Waals surface area contributed by atoms with E-state index in [0.717, 1.165) is 42.9 Å². The van der Waals surface area contributed by atoms with Gasteiger partial charge in [0.15, 0.2) is 0 Å².